The van der Waals surface area contributed by atoms with Crippen LogP contribution in [-0.4, -0.2) is 27.9 Å². The van der Waals surface area contributed by atoms with Crippen LogP contribution >= 0.6 is 0 Å². The van der Waals surface area contributed by atoms with Crippen LogP contribution < -0.4 is 10.6 Å². The van der Waals surface area contributed by atoms with Gasteiger partial charge < -0.3 is 10.6 Å². The van der Waals surface area contributed by atoms with Gasteiger partial charge in [0, 0.05) is 22.3 Å². The summed E-state index contributed by atoms with van der Waals surface area (Å²) in [4.78, 5) is 29.7. The highest BCUT2D eigenvalue weighted by atomic mass is 19.1. The Morgan fingerprint density at radius 3 is 2.32 bits per heavy atom. The molecule has 1 aromatic heterocycles. The summed E-state index contributed by atoms with van der Waals surface area (Å²) in [6.07, 6.45) is 4.99. The molecule has 0 spiro atoms. The molecular weight excluding hydrogens is 357 g/mol. The van der Waals surface area contributed by atoms with Gasteiger partial charge in [0.25, 0.3) is 11.8 Å². The number of nitrogens with one attached hydrogen (secondary N) is 2. The van der Waals surface area contributed by atoms with Gasteiger partial charge in [-0.3, -0.25) is 9.59 Å². The van der Waals surface area contributed by atoms with Crippen LogP contribution in [0, 0.1) is 12.7 Å². The first-order valence-corrected chi connectivity index (χ1v) is 9.73. The summed E-state index contributed by atoms with van der Waals surface area (Å²) in [6.45, 7) is 1.86. The summed E-state index contributed by atoms with van der Waals surface area (Å²) in [6, 6.07) is 11.1. The summed E-state index contributed by atoms with van der Waals surface area (Å²) in [5, 5.41) is 6.34. The van der Waals surface area contributed by atoms with E-state index in [1.165, 1.54) is 18.2 Å². The number of benzene rings is 1. The first-order chi connectivity index (χ1) is 13.4. The zero-order valence-electron chi connectivity index (χ0n) is 15.9. The average molecular weight is 381 g/mol. The third kappa shape index (κ3) is 3.63. The van der Waals surface area contributed by atoms with Crippen molar-refractivity contribution in [1.82, 2.24) is 15.6 Å². The van der Waals surface area contributed by atoms with E-state index < -0.39 is 5.82 Å². The van der Waals surface area contributed by atoms with Gasteiger partial charge in [-0.1, -0.05) is 12.1 Å². The second kappa shape index (κ2) is 7.00. The molecule has 6 heteroatoms. The molecule has 4 rings (SSSR count). The predicted molar refractivity (Wildman–Crippen MR) is 103 cm³/mol. The number of pyridine rings is 1. The van der Waals surface area contributed by atoms with Crippen LogP contribution in [0.5, 0.6) is 0 Å². The van der Waals surface area contributed by atoms with Gasteiger partial charge in [-0.25, -0.2) is 9.37 Å². The minimum atomic E-state index is -0.424. The minimum Gasteiger partial charge on any atom is -0.347 e. The van der Waals surface area contributed by atoms with Crippen molar-refractivity contribution < 1.29 is 14.0 Å². The molecule has 2 amide bonds. The first kappa shape index (κ1) is 18.6. The Morgan fingerprint density at radius 1 is 0.964 bits per heavy atom. The number of aryl methyl sites for hydroxylation is 1. The topological polar surface area (TPSA) is 71.1 Å². The molecular formula is C22H24FN3O2. The van der Waals surface area contributed by atoms with Crippen LogP contribution in [0.15, 0.2) is 42.5 Å². The number of halogens is 1. The normalized spacial score (nSPS) is 25.9. The Morgan fingerprint density at radius 2 is 1.64 bits per heavy atom. The van der Waals surface area contributed by atoms with E-state index in [1.807, 2.05) is 19.1 Å². The second-order valence-corrected chi connectivity index (χ2v) is 8.17. The van der Waals surface area contributed by atoms with Crippen LogP contribution in [0.2, 0.25) is 0 Å². The van der Waals surface area contributed by atoms with E-state index in [0.29, 0.717) is 17.7 Å². The van der Waals surface area contributed by atoms with Gasteiger partial charge in [-0.15, -0.1) is 0 Å². The zero-order chi connectivity index (χ0) is 19.8. The standard InChI is InChI=1S/C22H24FN3O2/c1-15-5-2-8-18(24-15)20(28)26-22-10-4-9-21(14-22,11-12-22)25-19(27)16-6-3-7-17(23)13-16/h2-3,5-8,13H,4,9-12,14H2,1H3,(H,25,27)(H,26,28)/t21-,22-/m1/s1. The van der Waals surface area contributed by atoms with Gasteiger partial charge in [-0.2, -0.15) is 0 Å². The summed E-state index contributed by atoms with van der Waals surface area (Å²) in [5.74, 6) is -0.853. The molecule has 2 saturated carbocycles. The van der Waals surface area contributed by atoms with Crippen LogP contribution in [0.1, 0.15) is 65.1 Å². The number of carbonyl (C=O) groups excluding carboxylic acids is 2. The van der Waals surface area contributed by atoms with Crippen molar-refractivity contribution in [1.29, 1.82) is 0 Å². The van der Waals surface area contributed by atoms with Crippen LogP contribution in [-0.2, 0) is 0 Å². The van der Waals surface area contributed by atoms with Crippen molar-refractivity contribution in [3.8, 4) is 0 Å². The van der Waals surface area contributed by atoms with Crippen LogP contribution in [0.3, 0.4) is 0 Å². The molecule has 2 aliphatic carbocycles. The third-order valence-electron chi connectivity index (χ3n) is 6.03. The molecule has 0 unspecified atom stereocenters. The summed E-state index contributed by atoms with van der Waals surface area (Å²) >= 11 is 0. The van der Waals surface area contributed by atoms with E-state index in [9.17, 15) is 14.0 Å². The number of hydrogen-bond acceptors (Lipinski definition) is 3. The molecule has 146 valence electrons. The summed E-state index contributed by atoms with van der Waals surface area (Å²) in [7, 11) is 0. The third-order valence-corrected chi connectivity index (χ3v) is 6.03. The van der Waals surface area contributed by atoms with Gasteiger partial charge in [-0.05, 0) is 75.8 Å². The molecule has 28 heavy (non-hydrogen) atoms. The van der Waals surface area contributed by atoms with Crippen LogP contribution in [0.25, 0.3) is 0 Å². The lowest BCUT2D eigenvalue weighted by Crippen LogP contribution is -2.55. The number of carbonyl (C=O) groups is 2. The number of nitrogens with zero attached hydrogens (tertiary/aromatic N) is 1. The Balaban J connectivity index is 1.48. The van der Waals surface area contributed by atoms with Crippen molar-refractivity contribution in [3.05, 3.63) is 65.2 Å². The molecule has 2 fully saturated rings. The highest BCUT2D eigenvalue weighted by Crippen LogP contribution is 2.48. The predicted octanol–water partition coefficient (Wildman–Crippen LogP) is 3.53. The van der Waals surface area contributed by atoms with E-state index >= 15 is 0 Å². The highest BCUT2D eigenvalue weighted by Gasteiger charge is 2.52. The molecule has 0 saturated heterocycles. The lowest BCUT2D eigenvalue weighted by atomic mass is 9.78. The van der Waals surface area contributed by atoms with Crippen molar-refractivity contribution in [3.63, 3.8) is 0 Å². The van der Waals surface area contributed by atoms with Crippen molar-refractivity contribution in [2.45, 2.75) is 56.5 Å². The zero-order valence-corrected chi connectivity index (χ0v) is 15.9. The SMILES string of the molecule is Cc1cccc(C(=O)N[C@]23CCC[C@@](NC(=O)c4cccc(F)c4)(CC2)C3)n1. The van der Waals surface area contributed by atoms with Gasteiger partial charge in [0.2, 0.25) is 0 Å². The molecule has 0 aliphatic heterocycles. The van der Waals surface area contributed by atoms with Crippen LogP contribution in [0.4, 0.5) is 4.39 Å². The maximum absolute atomic E-state index is 13.5. The van der Waals surface area contributed by atoms with Crippen molar-refractivity contribution in [2.75, 3.05) is 0 Å². The Kier molecular flexibility index (Phi) is 4.65. The molecule has 2 bridgehead atoms. The van der Waals surface area contributed by atoms with Gasteiger partial charge in [0.05, 0.1) is 0 Å². The molecule has 0 radical (unpaired) electrons. The van der Waals surface area contributed by atoms with Gasteiger partial charge in [0.15, 0.2) is 0 Å². The maximum Gasteiger partial charge on any atom is 0.270 e. The monoisotopic (exact) mass is 381 g/mol. The number of rotatable bonds is 4. The van der Waals surface area contributed by atoms with E-state index in [-0.39, 0.29) is 22.9 Å². The van der Waals surface area contributed by atoms with Gasteiger partial charge >= 0.3 is 0 Å². The summed E-state index contributed by atoms with van der Waals surface area (Å²) in [5.41, 5.74) is 0.869. The molecule has 5 nitrogen and oxygen atoms in total. The quantitative estimate of drug-likeness (QED) is 0.851. The lowest BCUT2D eigenvalue weighted by molar-refractivity contribution is 0.0829. The summed E-state index contributed by atoms with van der Waals surface area (Å²) < 4.78 is 13.5. The maximum atomic E-state index is 13.5. The molecule has 1 aromatic carbocycles. The molecule has 1 heterocycles. The lowest BCUT2D eigenvalue weighted by Gasteiger charge is -2.40. The second-order valence-electron chi connectivity index (χ2n) is 8.17. The fourth-order valence-corrected chi connectivity index (χ4v) is 4.75. The molecule has 2 atom stereocenters. The number of amides is 2. The number of hydrogen-bond donors (Lipinski definition) is 2. The average Bonchev–Trinajstić information content (AvgIpc) is 2.91. The van der Waals surface area contributed by atoms with Gasteiger partial charge in [0.1, 0.15) is 11.5 Å². The van der Waals surface area contributed by atoms with E-state index in [2.05, 4.69) is 15.6 Å². The Hall–Kier alpha value is -2.76. The van der Waals surface area contributed by atoms with Crippen molar-refractivity contribution >= 4 is 11.8 Å². The number of aromatic nitrogens is 1. The molecule has 2 N–H and O–H groups in total. The fraction of sp³-hybridized carbons (Fsp3) is 0.409. The first-order valence-electron chi connectivity index (χ1n) is 9.73. The van der Waals surface area contributed by atoms with Crippen molar-refractivity contribution in [2.24, 2.45) is 0 Å². The molecule has 2 aromatic rings. The van der Waals surface area contributed by atoms with E-state index in [0.717, 1.165) is 37.8 Å². The Bertz CT molecular complexity index is 858. The van der Waals surface area contributed by atoms with E-state index in [4.69, 9.17) is 0 Å². The molecule has 2 aliphatic rings. The number of fused-ring (bicyclic) bond motifs is 2. The highest BCUT2D eigenvalue weighted by molar-refractivity contribution is 5.95. The smallest absolute Gasteiger partial charge is 0.270 e. The van der Waals surface area contributed by atoms with E-state index in [1.54, 1.807) is 12.1 Å². The Labute approximate surface area is 163 Å². The fourth-order valence-electron chi connectivity index (χ4n) is 4.75. The largest absolute Gasteiger partial charge is 0.347 e. The minimum absolute atomic E-state index is 0.169.